The Bertz CT molecular complexity index is 3380. The first-order valence-corrected chi connectivity index (χ1v) is 22.0. The standard InChI is InChI=1S/C58H47N3/c1-34-53-55(61-50-30-25-36-17-9-10-18-40(36)52(50)43-27-23-37(32-51(43)61)35-15-7-6-8-16-35)59-54(38-24-28-48-44(31-38)41-19-11-13-21-46(41)56(48,2)3)60-58(34,53)39-26-29-49-45(33-39)42-20-12-14-22-47(42)57(49,4)5/h6-34,53,55H,1-5H3,(H,59,60). The zero-order chi connectivity index (χ0) is 41.0. The molecule has 4 unspecified atom stereocenters. The third-order valence-corrected chi connectivity index (χ3v) is 15.5. The molecule has 0 radical (unpaired) electrons. The first-order chi connectivity index (χ1) is 29.7. The molecule has 4 aliphatic rings. The Labute approximate surface area is 357 Å². The van der Waals surface area contributed by atoms with Crippen molar-refractivity contribution in [1.29, 1.82) is 0 Å². The third-order valence-electron chi connectivity index (χ3n) is 15.5. The summed E-state index contributed by atoms with van der Waals surface area (Å²) >= 11 is 0. The Hall–Kier alpha value is -6.71. The van der Waals surface area contributed by atoms with Crippen molar-refractivity contribution < 1.29 is 0 Å². The second-order valence-corrected chi connectivity index (χ2v) is 19.2. The molecule has 0 bridgehead atoms. The van der Waals surface area contributed by atoms with Crippen LogP contribution in [0.1, 0.15) is 74.2 Å². The fourth-order valence-electron chi connectivity index (χ4n) is 12.4. The molecule has 8 aromatic carbocycles. The minimum absolute atomic E-state index is 0.0571. The first-order valence-electron chi connectivity index (χ1n) is 22.0. The SMILES string of the molecule is CC1C2C(n3c4cc(-c5ccccc5)ccc4c4c5ccccc5ccc43)NC(c3ccc4c(c3)-c3ccccc3C4(C)C)=NC12c1ccc2c(c1)-c1ccccc1C2(C)C. The van der Waals surface area contributed by atoms with Crippen LogP contribution in [0.15, 0.2) is 175 Å². The van der Waals surface area contributed by atoms with E-state index >= 15 is 0 Å². The van der Waals surface area contributed by atoms with Crippen molar-refractivity contribution >= 4 is 38.4 Å². The number of aromatic nitrogens is 1. The summed E-state index contributed by atoms with van der Waals surface area (Å²) in [4.78, 5) is 5.97. The Morgan fingerprint density at radius 1 is 0.492 bits per heavy atom. The van der Waals surface area contributed by atoms with E-state index in [1.165, 1.54) is 93.8 Å². The van der Waals surface area contributed by atoms with Crippen molar-refractivity contribution in [3.05, 3.63) is 203 Å². The minimum Gasteiger partial charge on any atom is -0.349 e. The van der Waals surface area contributed by atoms with Crippen LogP contribution in [0, 0.1) is 11.8 Å². The van der Waals surface area contributed by atoms with Gasteiger partial charge in [0.15, 0.2) is 0 Å². The van der Waals surface area contributed by atoms with E-state index in [-0.39, 0.29) is 28.8 Å². The van der Waals surface area contributed by atoms with Crippen LogP contribution in [-0.4, -0.2) is 10.4 Å². The fraction of sp³-hybridized carbons (Fsp3) is 0.190. The summed E-state index contributed by atoms with van der Waals surface area (Å²) in [7, 11) is 0. The molecule has 4 atom stereocenters. The third kappa shape index (κ3) is 4.56. The fourth-order valence-corrected chi connectivity index (χ4v) is 12.4. The lowest BCUT2D eigenvalue weighted by Crippen LogP contribution is -2.40. The van der Waals surface area contributed by atoms with Gasteiger partial charge in [-0.15, -0.1) is 0 Å². The van der Waals surface area contributed by atoms with E-state index in [9.17, 15) is 0 Å². The second kappa shape index (κ2) is 12.0. The largest absolute Gasteiger partial charge is 0.349 e. The van der Waals surface area contributed by atoms with Crippen molar-refractivity contribution in [2.24, 2.45) is 16.8 Å². The molecule has 3 aliphatic carbocycles. The topological polar surface area (TPSA) is 29.3 Å². The average molecular weight is 786 g/mol. The number of fused-ring (bicyclic) bond motifs is 12. The van der Waals surface area contributed by atoms with E-state index < -0.39 is 5.54 Å². The van der Waals surface area contributed by atoms with E-state index in [1.54, 1.807) is 0 Å². The summed E-state index contributed by atoms with van der Waals surface area (Å²) in [5, 5.41) is 9.35. The smallest absolute Gasteiger partial charge is 0.130 e. The zero-order valence-electron chi connectivity index (χ0n) is 35.3. The molecule has 0 saturated heterocycles. The number of hydrogen-bond donors (Lipinski definition) is 1. The van der Waals surface area contributed by atoms with Crippen molar-refractivity contribution in [2.75, 3.05) is 0 Å². The highest BCUT2D eigenvalue weighted by atomic mass is 15.3. The molecule has 9 aromatic rings. The van der Waals surface area contributed by atoms with Gasteiger partial charge in [-0.1, -0.05) is 180 Å². The lowest BCUT2D eigenvalue weighted by atomic mass is 9.82. The lowest BCUT2D eigenvalue weighted by Gasteiger charge is -2.32. The molecule has 1 saturated carbocycles. The zero-order valence-corrected chi connectivity index (χ0v) is 35.3. The molecular weight excluding hydrogens is 739 g/mol. The van der Waals surface area contributed by atoms with E-state index in [4.69, 9.17) is 4.99 Å². The summed E-state index contributed by atoms with van der Waals surface area (Å²) < 4.78 is 2.65. The summed E-state index contributed by atoms with van der Waals surface area (Å²) in [5.41, 5.74) is 17.7. The highest BCUT2D eigenvalue weighted by molar-refractivity contribution is 6.21. The van der Waals surface area contributed by atoms with Gasteiger partial charge in [0, 0.05) is 33.1 Å². The van der Waals surface area contributed by atoms with Gasteiger partial charge < -0.3 is 9.88 Å². The first kappa shape index (κ1) is 35.1. The lowest BCUT2D eigenvalue weighted by molar-refractivity contribution is 0.377. The van der Waals surface area contributed by atoms with Gasteiger partial charge in [-0.25, -0.2) is 0 Å². The molecule has 1 N–H and O–H groups in total. The van der Waals surface area contributed by atoms with Crippen molar-refractivity contribution in [2.45, 2.75) is 57.2 Å². The number of aliphatic imine (C=N–C) groups is 1. The van der Waals surface area contributed by atoms with E-state index in [0.717, 1.165) is 11.4 Å². The molecule has 61 heavy (non-hydrogen) atoms. The van der Waals surface area contributed by atoms with Gasteiger partial charge in [-0.3, -0.25) is 4.99 Å². The molecule has 294 valence electrons. The molecule has 2 heterocycles. The van der Waals surface area contributed by atoms with Gasteiger partial charge in [-0.05, 0) is 102 Å². The molecule has 0 spiro atoms. The van der Waals surface area contributed by atoms with Gasteiger partial charge in [0.05, 0.1) is 16.6 Å². The van der Waals surface area contributed by atoms with Gasteiger partial charge in [0.1, 0.15) is 12.0 Å². The van der Waals surface area contributed by atoms with Crippen LogP contribution in [-0.2, 0) is 16.4 Å². The van der Waals surface area contributed by atoms with Crippen LogP contribution in [0.4, 0.5) is 0 Å². The van der Waals surface area contributed by atoms with Gasteiger partial charge in [0.25, 0.3) is 0 Å². The Kier molecular flexibility index (Phi) is 6.89. The number of nitrogens with zero attached hydrogens (tertiary/aromatic N) is 2. The number of nitrogens with one attached hydrogen (secondary N) is 1. The van der Waals surface area contributed by atoms with Gasteiger partial charge in [0.2, 0.25) is 0 Å². The molecular formula is C58H47N3. The number of amidine groups is 1. The van der Waals surface area contributed by atoms with Crippen LogP contribution in [0.2, 0.25) is 0 Å². The normalized spacial score (nSPS) is 22.2. The van der Waals surface area contributed by atoms with Gasteiger partial charge >= 0.3 is 0 Å². The monoisotopic (exact) mass is 785 g/mol. The summed E-state index contributed by atoms with van der Waals surface area (Å²) in [5.74, 6) is 1.45. The quantitative estimate of drug-likeness (QED) is 0.189. The predicted octanol–water partition coefficient (Wildman–Crippen LogP) is 13.9. The molecule has 1 fully saturated rings. The number of hydrogen-bond acceptors (Lipinski definition) is 2. The maximum absolute atomic E-state index is 5.97. The molecule has 0 amide bonds. The molecule has 3 heteroatoms. The minimum atomic E-state index is -0.422. The molecule has 13 rings (SSSR count). The average Bonchev–Trinajstić information content (AvgIpc) is 3.53. The summed E-state index contributed by atoms with van der Waals surface area (Å²) in [6.07, 6.45) is -0.0661. The molecule has 1 aromatic heterocycles. The second-order valence-electron chi connectivity index (χ2n) is 19.2. The van der Waals surface area contributed by atoms with Crippen LogP contribution in [0.3, 0.4) is 0 Å². The van der Waals surface area contributed by atoms with Crippen LogP contribution in [0.25, 0.3) is 66.0 Å². The summed E-state index contributed by atoms with van der Waals surface area (Å²) in [6.45, 7) is 11.9. The van der Waals surface area contributed by atoms with Crippen molar-refractivity contribution in [3.63, 3.8) is 0 Å². The highest BCUT2D eigenvalue weighted by Crippen LogP contribution is 2.68. The number of benzene rings is 8. The highest BCUT2D eigenvalue weighted by Gasteiger charge is 2.69. The Morgan fingerprint density at radius 2 is 1.11 bits per heavy atom. The van der Waals surface area contributed by atoms with E-state index in [2.05, 4.69) is 214 Å². The van der Waals surface area contributed by atoms with Crippen LogP contribution >= 0.6 is 0 Å². The number of rotatable bonds is 4. The Balaban J connectivity index is 1.07. The van der Waals surface area contributed by atoms with Crippen molar-refractivity contribution in [3.8, 4) is 33.4 Å². The maximum atomic E-state index is 5.97. The molecule has 1 aliphatic heterocycles. The molecule has 3 nitrogen and oxygen atoms in total. The van der Waals surface area contributed by atoms with Gasteiger partial charge in [-0.2, -0.15) is 0 Å². The predicted molar refractivity (Wildman–Crippen MR) is 253 cm³/mol. The van der Waals surface area contributed by atoms with Crippen LogP contribution in [0.5, 0.6) is 0 Å². The summed E-state index contributed by atoms with van der Waals surface area (Å²) in [6, 6.07) is 63.9. The van der Waals surface area contributed by atoms with Crippen LogP contribution < -0.4 is 5.32 Å². The van der Waals surface area contributed by atoms with E-state index in [0.29, 0.717) is 0 Å². The Morgan fingerprint density at radius 3 is 1.87 bits per heavy atom. The maximum Gasteiger partial charge on any atom is 0.130 e. The van der Waals surface area contributed by atoms with Crippen molar-refractivity contribution in [1.82, 2.24) is 9.88 Å². The van der Waals surface area contributed by atoms with E-state index in [1.807, 2.05) is 0 Å².